The van der Waals surface area contributed by atoms with Gasteiger partial charge in [-0.15, -0.1) is 11.6 Å². The van der Waals surface area contributed by atoms with E-state index >= 15 is 0 Å². The molecular formula is C18H29ClN2O4S. The summed E-state index contributed by atoms with van der Waals surface area (Å²) in [4.78, 5) is 11.8. The van der Waals surface area contributed by atoms with E-state index < -0.39 is 16.1 Å². The summed E-state index contributed by atoms with van der Waals surface area (Å²) >= 11 is 5.67. The minimum Gasteiger partial charge on any atom is -0.450 e. The molecule has 0 bridgehead atoms. The second kappa shape index (κ2) is 11.4. The maximum absolute atomic E-state index is 12.5. The van der Waals surface area contributed by atoms with E-state index in [1.54, 1.807) is 31.2 Å². The number of alkyl carbamates (subject to hydrolysis) is 1. The van der Waals surface area contributed by atoms with Crippen LogP contribution in [0.3, 0.4) is 0 Å². The van der Waals surface area contributed by atoms with Gasteiger partial charge in [-0.1, -0.05) is 26.0 Å². The number of rotatable bonds is 11. The molecule has 0 saturated heterocycles. The zero-order chi connectivity index (χ0) is 19.6. The van der Waals surface area contributed by atoms with Crippen LogP contribution in [0, 0.1) is 5.92 Å². The lowest BCUT2D eigenvalue weighted by atomic mass is 10.0. The van der Waals surface area contributed by atoms with E-state index in [0.29, 0.717) is 18.2 Å². The van der Waals surface area contributed by atoms with Crippen LogP contribution in [0.15, 0.2) is 29.2 Å². The molecule has 8 heteroatoms. The molecule has 1 rings (SSSR count). The first-order valence-corrected chi connectivity index (χ1v) is 10.9. The van der Waals surface area contributed by atoms with Gasteiger partial charge in [0.15, 0.2) is 0 Å². The molecule has 1 unspecified atom stereocenters. The van der Waals surface area contributed by atoms with Gasteiger partial charge in [0.05, 0.1) is 11.5 Å². The summed E-state index contributed by atoms with van der Waals surface area (Å²) in [6.07, 6.45) is 1.76. The normalized spacial score (nSPS) is 12.8. The first-order chi connectivity index (χ1) is 12.3. The van der Waals surface area contributed by atoms with Crippen LogP contribution in [0.5, 0.6) is 0 Å². The van der Waals surface area contributed by atoms with Crippen molar-refractivity contribution >= 4 is 27.7 Å². The molecule has 1 atom stereocenters. The van der Waals surface area contributed by atoms with E-state index in [1.165, 1.54) is 0 Å². The number of carbonyl (C=O) groups excluding carboxylic acids is 1. The molecule has 148 valence electrons. The molecule has 1 aromatic rings. The van der Waals surface area contributed by atoms with E-state index in [9.17, 15) is 13.2 Å². The third kappa shape index (κ3) is 8.38. The average molecular weight is 405 g/mol. The highest BCUT2D eigenvalue weighted by Gasteiger charge is 2.19. The van der Waals surface area contributed by atoms with Crippen LogP contribution in [0.1, 0.15) is 39.2 Å². The van der Waals surface area contributed by atoms with E-state index in [0.717, 1.165) is 18.4 Å². The molecule has 0 radical (unpaired) electrons. The third-order valence-electron chi connectivity index (χ3n) is 3.71. The second-order valence-electron chi connectivity index (χ2n) is 6.48. The van der Waals surface area contributed by atoms with Gasteiger partial charge in [-0.25, -0.2) is 17.9 Å². The maximum atomic E-state index is 12.5. The van der Waals surface area contributed by atoms with Crippen LogP contribution in [0.4, 0.5) is 4.79 Å². The van der Waals surface area contributed by atoms with Crippen molar-refractivity contribution in [2.24, 2.45) is 5.92 Å². The Kier molecular flexibility index (Phi) is 9.98. The van der Waals surface area contributed by atoms with Gasteiger partial charge in [-0.3, -0.25) is 0 Å². The Morgan fingerprint density at radius 1 is 1.23 bits per heavy atom. The molecular weight excluding hydrogens is 376 g/mol. The van der Waals surface area contributed by atoms with Crippen LogP contribution >= 0.6 is 11.6 Å². The number of sulfonamides is 1. The smallest absolute Gasteiger partial charge is 0.407 e. The largest absolute Gasteiger partial charge is 0.450 e. The molecule has 2 N–H and O–H groups in total. The van der Waals surface area contributed by atoms with Gasteiger partial charge in [-0.05, 0) is 49.8 Å². The molecule has 0 heterocycles. The van der Waals surface area contributed by atoms with E-state index in [-0.39, 0.29) is 24.1 Å². The molecule has 0 aliphatic carbocycles. The van der Waals surface area contributed by atoms with Crippen molar-refractivity contribution in [3.05, 3.63) is 29.8 Å². The lowest BCUT2D eigenvalue weighted by Gasteiger charge is -2.20. The number of nitrogens with one attached hydrogen (secondary N) is 2. The van der Waals surface area contributed by atoms with Gasteiger partial charge in [-0.2, -0.15) is 0 Å². The van der Waals surface area contributed by atoms with Gasteiger partial charge in [0.1, 0.15) is 0 Å². The standard InChI is InChI=1S/C18H29ClN2O4S/c1-4-25-18(22)21-16(12-14(2)3)13-20-26(23,24)17-9-7-15(8-10-17)6-5-11-19/h7-10,14,16,20H,4-6,11-13H2,1-3H3,(H,21,22). The van der Waals surface area contributed by atoms with E-state index in [1.807, 2.05) is 13.8 Å². The fraction of sp³-hybridized carbons (Fsp3) is 0.611. The Hall–Kier alpha value is -1.31. The summed E-state index contributed by atoms with van der Waals surface area (Å²) in [7, 11) is -3.64. The Balaban J connectivity index is 2.71. The van der Waals surface area contributed by atoms with Crippen molar-refractivity contribution in [3.8, 4) is 0 Å². The van der Waals surface area contributed by atoms with Crippen LogP contribution < -0.4 is 10.0 Å². The number of carbonyl (C=O) groups is 1. The Morgan fingerprint density at radius 3 is 2.42 bits per heavy atom. The van der Waals surface area contributed by atoms with Crippen LogP contribution in [-0.2, 0) is 21.2 Å². The van der Waals surface area contributed by atoms with Gasteiger partial charge in [0.2, 0.25) is 10.0 Å². The highest BCUT2D eigenvalue weighted by Crippen LogP contribution is 2.13. The minimum absolute atomic E-state index is 0.104. The number of benzene rings is 1. The number of halogens is 1. The maximum Gasteiger partial charge on any atom is 0.407 e. The van der Waals surface area contributed by atoms with Crippen molar-refractivity contribution in [1.29, 1.82) is 0 Å². The molecule has 1 aromatic carbocycles. The SMILES string of the molecule is CCOC(=O)NC(CNS(=O)(=O)c1ccc(CCCCl)cc1)CC(C)C. The predicted molar refractivity (Wildman–Crippen MR) is 104 cm³/mol. The van der Waals surface area contributed by atoms with Crippen molar-refractivity contribution in [1.82, 2.24) is 10.0 Å². The number of hydrogen-bond acceptors (Lipinski definition) is 4. The van der Waals surface area contributed by atoms with Crippen LogP contribution in [0.25, 0.3) is 0 Å². The van der Waals surface area contributed by atoms with Gasteiger partial charge in [0, 0.05) is 18.5 Å². The molecule has 0 aliphatic rings. The molecule has 1 amide bonds. The second-order valence-corrected chi connectivity index (χ2v) is 8.62. The van der Waals surface area contributed by atoms with Gasteiger partial charge in [0.25, 0.3) is 0 Å². The molecule has 0 aromatic heterocycles. The molecule has 0 aliphatic heterocycles. The zero-order valence-corrected chi connectivity index (χ0v) is 17.2. The summed E-state index contributed by atoms with van der Waals surface area (Å²) in [5.74, 6) is 0.874. The zero-order valence-electron chi connectivity index (χ0n) is 15.6. The summed E-state index contributed by atoms with van der Waals surface area (Å²) in [5, 5.41) is 2.71. The molecule has 0 saturated carbocycles. The predicted octanol–water partition coefficient (Wildman–Crippen LogP) is 3.30. The van der Waals surface area contributed by atoms with E-state index in [4.69, 9.17) is 16.3 Å². The first-order valence-electron chi connectivity index (χ1n) is 8.86. The van der Waals surface area contributed by atoms with Crippen molar-refractivity contribution in [3.63, 3.8) is 0 Å². The Morgan fingerprint density at radius 2 is 1.88 bits per heavy atom. The Labute approximate surface area is 161 Å². The highest BCUT2D eigenvalue weighted by atomic mass is 35.5. The quantitative estimate of drug-likeness (QED) is 0.554. The van der Waals surface area contributed by atoms with Gasteiger partial charge < -0.3 is 10.1 Å². The van der Waals surface area contributed by atoms with Gasteiger partial charge >= 0.3 is 6.09 Å². The van der Waals surface area contributed by atoms with Crippen molar-refractivity contribution < 1.29 is 17.9 Å². The Bertz CT molecular complexity index is 648. The van der Waals surface area contributed by atoms with Crippen molar-refractivity contribution in [2.45, 2.75) is 51.0 Å². The number of aryl methyl sites for hydroxylation is 1. The molecule has 0 spiro atoms. The van der Waals surface area contributed by atoms with Crippen molar-refractivity contribution in [2.75, 3.05) is 19.0 Å². The summed E-state index contributed by atoms with van der Waals surface area (Å²) in [5.41, 5.74) is 1.05. The summed E-state index contributed by atoms with van der Waals surface area (Å²) < 4.78 is 32.4. The number of ether oxygens (including phenoxy) is 1. The number of hydrogen-bond donors (Lipinski definition) is 2. The third-order valence-corrected chi connectivity index (χ3v) is 5.41. The van der Waals surface area contributed by atoms with Crippen LogP contribution in [-0.4, -0.2) is 39.6 Å². The molecule has 26 heavy (non-hydrogen) atoms. The van der Waals surface area contributed by atoms with E-state index in [2.05, 4.69) is 10.0 Å². The fourth-order valence-electron chi connectivity index (χ4n) is 2.50. The van der Waals surface area contributed by atoms with Crippen LogP contribution in [0.2, 0.25) is 0 Å². The lowest BCUT2D eigenvalue weighted by molar-refractivity contribution is 0.146. The molecule has 6 nitrogen and oxygen atoms in total. The number of alkyl halides is 1. The minimum atomic E-state index is -3.64. The summed E-state index contributed by atoms with van der Waals surface area (Å²) in [6.45, 7) is 6.10. The fourth-order valence-corrected chi connectivity index (χ4v) is 3.72. The lowest BCUT2D eigenvalue weighted by Crippen LogP contribution is -2.44. The topological polar surface area (TPSA) is 84.5 Å². The molecule has 0 fully saturated rings. The summed E-state index contributed by atoms with van der Waals surface area (Å²) in [6, 6.07) is 6.42. The first kappa shape index (κ1) is 22.7. The number of amides is 1. The highest BCUT2D eigenvalue weighted by molar-refractivity contribution is 7.89. The monoisotopic (exact) mass is 404 g/mol. The average Bonchev–Trinajstić information content (AvgIpc) is 2.58.